The van der Waals surface area contributed by atoms with E-state index in [-0.39, 0.29) is 16.4 Å². The van der Waals surface area contributed by atoms with Gasteiger partial charge >= 0.3 is 0 Å². The van der Waals surface area contributed by atoms with Crippen LogP contribution in [0.2, 0.25) is 0 Å². The summed E-state index contributed by atoms with van der Waals surface area (Å²) < 4.78 is 14.4. The molecule has 39 heavy (non-hydrogen) atoms. The number of hydrogen-bond acceptors (Lipinski definition) is 7. The molecular weight excluding hydrogens is 512 g/mol. The van der Waals surface area contributed by atoms with E-state index in [0.29, 0.717) is 24.8 Å². The molecule has 1 saturated heterocycles. The lowest BCUT2D eigenvalue weighted by Crippen LogP contribution is -2.28. The first-order valence-corrected chi connectivity index (χ1v) is 13.9. The standard InChI is InChI=1S/C30H32N4O4S/c1-5-19(2)33(3)24-8-6-7-9-26(24)38-22-14-15-23-25(17-22)34(4)28(31-23)18-37-21-12-10-20(11-13-21)16-27-29(35)32-30(36)39-27/h6-15,17,19,27H,5,16,18H2,1-4H3,(H,32,35,36). The number of imidazole rings is 1. The van der Waals surface area contributed by atoms with Gasteiger partial charge in [0, 0.05) is 26.2 Å². The maximum Gasteiger partial charge on any atom is 0.286 e. The summed E-state index contributed by atoms with van der Waals surface area (Å²) in [5.74, 6) is 2.82. The van der Waals surface area contributed by atoms with Gasteiger partial charge in [0.2, 0.25) is 5.91 Å². The van der Waals surface area contributed by atoms with E-state index in [1.165, 1.54) is 0 Å². The van der Waals surface area contributed by atoms with E-state index in [1.54, 1.807) is 0 Å². The number of carbonyl (C=O) groups is 2. The lowest BCUT2D eigenvalue weighted by molar-refractivity contribution is -0.118. The van der Waals surface area contributed by atoms with Gasteiger partial charge in [-0.3, -0.25) is 14.9 Å². The minimum atomic E-state index is -0.382. The van der Waals surface area contributed by atoms with E-state index >= 15 is 0 Å². The lowest BCUT2D eigenvalue weighted by Gasteiger charge is -2.27. The predicted molar refractivity (Wildman–Crippen MR) is 155 cm³/mol. The number of carbonyl (C=O) groups excluding carboxylic acids is 2. The molecule has 4 aromatic rings. The smallest absolute Gasteiger partial charge is 0.286 e. The van der Waals surface area contributed by atoms with Crippen molar-refractivity contribution in [3.05, 3.63) is 78.1 Å². The number of benzene rings is 3. The van der Waals surface area contributed by atoms with Gasteiger partial charge in [0.1, 0.15) is 23.9 Å². The van der Waals surface area contributed by atoms with Crippen LogP contribution in [0.5, 0.6) is 17.2 Å². The quantitative estimate of drug-likeness (QED) is 0.259. The van der Waals surface area contributed by atoms with Gasteiger partial charge in [0.15, 0.2) is 5.75 Å². The Morgan fingerprint density at radius 3 is 2.54 bits per heavy atom. The summed E-state index contributed by atoms with van der Waals surface area (Å²) in [4.78, 5) is 30.2. The Morgan fingerprint density at radius 1 is 1.08 bits per heavy atom. The minimum Gasteiger partial charge on any atom is -0.486 e. The Morgan fingerprint density at radius 2 is 1.82 bits per heavy atom. The Kier molecular flexibility index (Phi) is 7.79. The summed E-state index contributed by atoms with van der Waals surface area (Å²) >= 11 is 1.04. The van der Waals surface area contributed by atoms with E-state index in [9.17, 15) is 9.59 Å². The fourth-order valence-corrected chi connectivity index (χ4v) is 5.36. The molecule has 0 aliphatic carbocycles. The van der Waals surface area contributed by atoms with E-state index in [4.69, 9.17) is 14.5 Å². The molecule has 0 spiro atoms. The summed E-state index contributed by atoms with van der Waals surface area (Å²) in [6.45, 7) is 4.69. The fourth-order valence-electron chi connectivity index (χ4n) is 4.50. The molecule has 1 N–H and O–H groups in total. The van der Waals surface area contributed by atoms with Crippen LogP contribution in [0.4, 0.5) is 10.5 Å². The van der Waals surface area contributed by atoms with Crippen LogP contribution in [0.15, 0.2) is 66.7 Å². The summed E-state index contributed by atoms with van der Waals surface area (Å²) in [6, 6.07) is 22.0. The van der Waals surface area contributed by atoms with Crippen molar-refractivity contribution in [1.29, 1.82) is 0 Å². The number of ether oxygens (including phenoxy) is 2. The third-order valence-electron chi connectivity index (χ3n) is 7.15. The minimum absolute atomic E-state index is 0.233. The fraction of sp³-hybridized carbons (Fsp3) is 0.300. The molecule has 2 heterocycles. The topological polar surface area (TPSA) is 85.7 Å². The molecule has 8 nitrogen and oxygen atoms in total. The predicted octanol–water partition coefficient (Wildman–Crippen LogP) is 6.07. The normalized spacial score (nSPS) is 15.8. The molecule has 1 aromatic heterocycles. The second-order valence-electron chi connectivity index (χ2n) is 9.70. The second-order valence-corrected chi connectivity index (χ2v) is 10.9. The molecule has 9 heteroatoms. The van der Waals surface area contributed by atoms with E-state index < -0.39 is 0 Å². The summed E-state index contributed by atoms with van der Waals surface area (Å²) in [5.41, 5.74) is 3.84. The first kappa shape index (κ1) is 26.6. The highest BCUT2D eigenvalue weighted by Gasteiger charge is 2.31. The summed E-state index contributed by atoms with van der Waals surface area (Å²) in [5, 5.41) is 1.65. The van der Waals surface area contributed by atoms with Gasteiger partial charge in [0.05, 0.1) is 22.0 Å². The highest BCUT2D eigenvalue weighted by atomic mass is 32.2. The number of hydrogen-bond donors (Lipinski definition) is 1. The zero-order chi connectivity index (χ0) is 27.5. The average Bonchev–Trinajstić information content (AvgIpc) is 3.43. The third kappa shape index (κ3) is 5.88. The Labute approximate surface area is 232 Å². The number of rotatable bonds is 10. The SMILES string of the molecule is CCC(C)N(C)c1ccccc1Oc1ccc2nc(COc3ccc(CC4SC(=O)NC4=O)cc3)n(C)c2c1. The molecule has 0 saturated carbocycles. The zero-order valence-corrected chi connectivity index (χ0v) is 23.3. The number of nitrogens with one attached hydrogen (secondary N) is 1. The van der Waals surface area contributed by atoms with Crippen LogP contribution < -0.4 is 19.7 Å². The average molecular weight is 545 g/mol. The summed E-state index contributed by atoms with van der Waals surface area (Å²) in [6.07, 6.45) is 1.54. The number of fused-ring (bicyclic) bond motifs is 1. The maximum atomic E-state index is 11.8. The van der Waals surface area contributed by atoms with E-state index in [1.807, 2.05) is 72.3 Å². The number of anilines is 1. The van der Waals surface area contributed by atoms with Crippen molar-refractivity contribution < 1.29 is 19.1 Å². The van der Waals surface area contributed by atoms with Crippen LogP contribution in [0.25, 0.3) is 11.0 Å². The van der Waals surface area contributed by atoms with Crippen LogP contribution in [0.1, 0.15) is 31.7 Å². The van der Waals surface area contributed by atoms with Gasteiger partial charge in [-0.2, -0.15) is 0 Å². The Balaban J connectivity index is 1.26. The Bertz CT molecular complexity index is 1500. The van der Waals surface area contributed by atoms with Crippen LogP contribution in [-0.2, 0) is 24.9 Å². The van der Waals surface area contributed by atoms with Gasteiger partial charge in [-0.1, -0.05) is 43.0 Å². The zero-order valence-electron chi connectivity index (χ0n) is 22.5. The van der Waals surface area contributed by atoms with Crippen molar-refractivity contribution in [3.8, 4) is 17.2 Å². The molecule has 2 atom stereocenters. The molecule has 5 rings (SSSR count). The lowest BCUT2D eigenvalue weighted by atomic mass is 10.1. The van der Waals surface area contributed by atoms with Gasteiger partial charge in [0.25, 0.3) is 5.24 Å². The van der Waals surface area contributed by atoms with E-state index in [0.717, 1.165) is 57.8 Å². The van der Waals surface area contributed by atoms with Crippen LogP contribution in [0.3, 0.4) is 0 Å². The van der Waals surface area contributed by atoms with Crippen LogP contribution in [0, 0.1) is 0 Å². The van der Waals surface area contributed by atoms with Crippen LogP contribution >= 0.6 is 11.8 Å². The van der Waals surface area contributed by atoms with Crippen molar-refractivity contribution >= 4 is 39.6 Å². The molecular formula is C30H32N4O4S. The first-order chi connectivity index (χ1) is 18.8. The molecule has 3 aromatic carbocycles. The second kappa shape index (κ2) is 11.4. The number of nitrogens with zero attached hydrogens (tertiary/aromatic N) is 3. The highest BCUT2D eigenvalue weighted by molar-refractivity contribution is 8.15. The van der Waals surface area contributed by atoms with Crippen molar-refractivity contribution in [2.45, 2.75) is 44.6 Å². The highest BCUT2D eigenvalue weighted by Crippen LogP contribution is 2.34. The molecule has 202 valence electrons. The maximum absolute atomic E-state index is 11.8. The van der Waals surface area contributed by atoms with Gasteiger partial charge < -0.3 is 18.9 Å². The van der Waals surface area contributed by atoms with Crippen LogP contribution in [-0.4, -0.2) is 39.0 Å². The van der Waals surface area contributed by atoms with Crippen molar-refractivity contribution in [2.24, 2.45) is 7.05 Å². The number of amides is 2. The number of aromatic nitrogens is 2. The monoisotopic (exact) mass is 544 g/mol. The Hall–Kier alpha value is -3.98. The van der Waals surface area contributed by atoms with Gasteiger partial charge in [-0.25, -0.2) is 4.98 Å². The van der Waals surface area contributed by atoms with Crippen molar-refractivity contribution in [3.63, 3.8) is 0 Å². The largest absolute Gasteiger partial charge is 0.486 e. The number of thioether (sulfide) groups is 1. The molecule has 1 aliphatic rings. The molecule has 2 amide bonds. The van der Waals surface area contributed by atoms with Crippen molar-refractivity contribution in [2.75, 3.05) is 11.9 Å². The molecule has 1 fully saturated rings. The molecule has 0 bridgehead atoms. The number of para-hydroxylation sites is 2. The number of aryl methyl sites for hydroxylation is 1. The van der Waals surface area contributed by atoms with Crippen molar-refractivity contribution in [1.82, 2.24) is 14.9 Å². The summed E-state index contributed by atoms with van der Waals surface area (Å²) in [7, 11) is 4.06. The first-order valence-electron chi connectivity index (χ1n) is 13.0. The third-order valence-corrected chi connectivity index (χ3v) is 8.13. The van der Waals surface area contributed by atoms with Gasteiger partial charge in [-0.05, 0) is 61.7 Å². The number of imide groups is 1. The molecule has 1 aliphatic heterocycles. The molecule has 0 radical (unpaired) electrons. The van der Waals surface area contributed by atoms with Gasteiger partial charge in [-0.15, -0.1) is 0 Å². The van der Waals surface area contributed by atoms with E-state index in [2.05, 4.69) is 37.2 Å². The molecule has 2 unspecified atom stereocenters.